The van der Waals surface area contributed by atoms with Crippen molar-refractivity contribution in [3.05, 3.63) is 63.7 Å². The van der Waals surface area contributed by atoms with E-state index in [-0.39, 0.29) is 33.6 Å². The molecule has 0 bridgehead atoms. The van der Waals surface area contributed by atoms with E-state index in [2.05, 4.69) is 0 Å². The molecule has 0 aromatic heterocycles. The number of benzene rings is 2. The Balaban J connectivity index is 2.02. The first-order chi connectivity index (χ1) is 12.4. The van der Waals surface area contributed by atoms with Crippen LogP contribution in [-0.4, -0.2) is 40.1 Å². The van der Waals surface area contributed by atoms with Crippen LogP contribution < -0.4 is 4.74 Å². The zero-order valence-electron chi connectivity index (χ0n) is 14.3. The van der Waals surface area contributed by atoms with E-state index in [9.17, 15) is 24.9 Å². The lowest BCUT2D eigenvalue weighted by molar-refractivity contribution is -0.0693. The number of carbonyl (C=O) groups excluding carboxylic acids is 2. The van der Waals surface area contributed by atoms with E-state index in [4.69, 9.17) is 4.74 Å². The lowest BCUT2D eigenvalue weighted by atomic mass is 9.72. The second-order valence-corrected chi connectivity index (χ2v) is 6.77. The van der Waals surface area contributed by atoms with Crippen molar-refractivity contribution in [3.8, 4) is 5.75 Å². The number of aliphatic hydroxyl groups is 3. The molecule has 0 heterocycles. The smallest absolute Gasteiger partial charge is 0.198 e. The summed E-state index contributed by atoms with van der Waals surface area (Å²) in [6, 6.07) is 7.79. The van der Waals surface area contributed by atoms with Gasteiger partial charge in [-0.25, -0.2) is 0 Å². The van der Waals surface area contributed by atoms with Crippen molar-refractivity contribution >= 4 is 11.6 Å². The maximum absolute atomic E-state index is 13.2. The summed E-state index contributed by atoms with van der Waals surface area (Å²) in [5.41, 5.74) is 1.05. The highest BCUT2D eigenvalue weighted by Crippen LogP contribution is 2.45. The number of fused-ring (bicyclic) bond motifs is 4. The molecule has 0 spiro atoms. The topological polar surface area (TPSA) is 104 Å². The second-order valence-electron chi connectivity index (χ2n) is 6.77. The molecule has 4 atom stereocenters. The Morgan fingerprint density at radius 1 is 0.885 bits per heavy atom. The fourth-order valence-electron chi connectivity index (χ4n) is 3.97. The highest BCUT2D eigenvalue weighted by atomic mass is 16.5. The van der Waals surface area contributed by atoms with Crippen LogP contribution in [0, 0.1) is 5.92 Å². The Kier molecular flexibility index (Phi) is 3.73. The van der Waals surface area contributed by atoms with Crippen LogP contribution in [0.4, 0.5) is 0 Å². The summed E-state index contributed by atoms with van der Waals surface area (Å²) in [5, 5.41) is 31.3. The Hall–Kier alpha value is -2.54. The minimum Gasteiger partial charge on any atom is -0.496 e. The van der Waals surface area contributed by atoms with Crippen molar-refractivity contribution in [3.63, 3.8) is 0 Å². The van der Waals surface area contributed by atoms with E-state index in [1.807, 2.05) is 0 Å². The van der Waals surface area contributed by atoms with Gasteiger partial charge in [0, 0.05) is 28.2 Å². The van der Waals surface area contributed by atoms with Gasteiger partial charge < -0.3 is 20.1 Å². The summed E-state index contributed by atoms with van der Waals surface area (Å²) in [6.07, 6.45) is -3.64. The summed E-state index contributed by atoms with van der Waals surface area (Å²) >= 11 is 0. The van der Waals surface area contributed by atoms with Crippen LogP contribution in [0.25, 0.3) is 0 Å². The van der Waals surface area contributed by atoms with E-state index in [1.54, 1.807) is 19.1 Å². The maximum atomic E-state index is 13.2. The van der Waals surface area contributed by atoms with Crippen molar-refractivity contribution in [2.45, 2.75) is 25.2 Å². The fraction of sp³-hybridized carbons (Fsp3) is 0.300. The van der Waals surface area contributed by atoms with Gasteiger partial charge in [0.2, 0.25) is 0 Å². The monoisotopic (exact) mass is 354 g/mol. The maximum Gasteiger partial charge on any atom is 0.198 e. The van der Waals surface area contributed by atoms with Gasteiger partial charge in [-0.15, -0.1) is 0 Å². The van der Waals surface area contributed by atoms with Crippen molar-refractivity contribution in [1.29, 1.82) is 0 Å². The number of hydrogen-bond donors (Lipinski definition) is 3. The van der Waals surface area contributed by atoms with Crippen LogP contribution in [0.1, 0.15) is 62.1 Å². The Bertz CT molecular complexity index is 948. The van der Waals surface area contributed by atoms with Crippen LogP contribution in [0.3, 0.4) is 0 Å². The van der Waals surface area contributed by atoms with Crippen LogP contribution in [-0.2, 0) is 0 Å². The molecule has 2 aromatic carbocycles. The molecule has 2 aromatic rings. The zero-order chi connectivity index (χ0) is 18.7. The van der Waals surface area contributed by atoms with Gasteiger partial charge in [0.1, 0.15) is 11.9 Å². The first-order valence-corrected chi connectivity index (χ1v) is 8.35. The highest BCUT2D eigenvalue weighted by molar-refractivity contribution is 6.30. The van der Waals surface area contributed by atoms with Crippen molar-refractivity contribution < 1.29 is 29.6 Å². The molecule has 0 aliphatic heterocycles. The molecule has 0 fully saturated rings. The number of ketones is 2. The van der Waals surface area contributed by atoms with E-state index >= 15 is 0 Å². The molecule has 4 unspecified atom stereocenters. The highest BCUT2D eigenvalue weighted by Gasteiger charge is 2.44. The normalized spacial score (nSPS) is 26.8. The third kappa shape index (κ3) is 2.03. The number of rotatable bonds is 1. The molecule has 0 radical (unpaired) electrons. The first kappa shape index (κ1) is 16.9. The van der Waals surface area contributed by atoms with Gasteiger partial charge in [-0.2, -0.15) is 0 Å². The minimum atomic E-state index is -1.36. The molecular formula is C20H18O6. The summed E-state index contributed by atoms with van der Waals surface area (Å²) in [4.78, 5) is 26.2. The number of ether oxygens (including phenoxy) is 1. The molecule has 0 amide bonds. The molecule has 0 saturated carbocycles. The lowest BCUT2D eigenvalue weighted by Gasteiger charge is -2.37. The van der Waals surface area contributed by atoms with Gasteiger partial charge >= 0.3 is 0 Å². The minimum absolute atomic E-state index is 0.0470. The molecule has 6 heteroatoms. The third-order valence-corrected chi connectivity index (χ3v) is 5.44. The van der Waals surface area contributed by atoms with Crippen LogP contribution in [0.15, 0.2) is 30.3 Å². The molecule has 3 N–H and O–H groups in total. The average Bonchev–Trinajstić information content (AvgIpc) is 2.67. The molecule has 134 valence electrons. The molecule has 2 aliphatic carbocycles. The molecule has 26 heavy (non-hydrogen) atoms. The van der Waals surface area contributed by atoms with E-state index in [0.717, 1.165) is 0 Å². The lowest BCUT2D eigenvalue weighted by Crippen LogP contribution is -2.38. The summed E-state index contributed by atoms with van der Waals surface area (Å²) in [5.74, 6) is -1.11. The van der Waals surface area contributed by atoms with Crippen LogP contribution in [0.2, 0.25) is 0 Å². The average molecular weight is 354 g/mol. The molecule has 2 aliphatic rings. The van der Waals surface area contributed by atoms with E-state index in [0.29, 0.717) is 11.3 Å². The Morgan fingerprint density at radius 2 is 1.54 bits per heavy atom. The van der Waals surface area contributed by atoms with E-state index in [1.165, 1.54) is 25.3 Å². The Morgan fingerprint density at radius 3 is 2.23 bits per heavy atom. The van der Waals surface area contributed by atoms with E-state index < -0.39 is 30.0 Å². The fourth-order valence-corrected chi connectivity index (χ4v) is 3.97. The summed E-state index contributed by atoms with van der Waals surface area (Å²) in [6.45, 7) is 1.62. The first-order valence-electron chi connectivity index (χ1n) is 8.35. The number of methoxy groups -OCH3 is 1. The third-order valence-electron chi connectivity index (χ3n) is 5.44. The number of aliphatic hydroxyl groups excluding tert-OH is 3. The standard InChI is InChI=1S/C20H18O6/c1-8-16(21)10-6-7-11-14(15(10)20(25)17(8)22)19(24)9-4-3-5-12(26-2)13(9)18(11)23/h3-8,16-17,20-22,25H,1-2H3. The SMILES string of the molecule is COc1cccc2c1C(=O)c1ccc3c(c1C2=O)C(O)C(O)C(C)C3O. The Labute approximate surface area is 149 Å². The van der Waals surface area contributed by atoms with Gasteiger partial charge in [0.15, 0.2) is 11.6 Å². The van der Waals surface area contributed by atoms with Crippen LogP contribution >= 0.6 is 0 Å². The van der Waals surface area contributed by atoms with Crippen molar-refractivity contribution in [2.24, 2.45) is 5.92 Å². The van der Waals surface area contributed by atoms with Gasteiger partial charge in [0.05, 0.1) is 24.9 Å². The summed E-state index contributed by atoms with van der Waals surface area (Å²) < 4.78 is 5.23. The van der Waals surface area contributed by atoms with Gasteiger partial charge in [-0.3, -0.25) is 9.59 Å². The molecular weight excluding hydrogens is 336 g/mol. The molecule has 0 saturated heterocycles. The van der Waals surface area contributed by atoms with Crippen molar-refractivity contribution in [1.82, 2.24) is 0 Å². The quantitative estimate of drug-likeness (QED) is 0.612. The van der Waals surface area contributed by atoms with Gasteiger partial charge in [-0.1, -0.05) is 25.1 Å². The predicted molar refractivity (Wildman–Crippen MR) is 91.4 cm³/mol. The second kappa shape index (κ2) is 5.74. The number of hydrogen-bond acceptors (Lipinski definition) is 6. The van der Waals surface area contributed by atoms with Gasteiger partial charge in [0.25, 0.3) is 0 Å². The zero-order valence-corrected chi connectivity index (χ0v) is 14.3. The summed E-state index contributed by atoms with van der Waals surface area (Å²) in [7, 11) is 1.42. The van der Waals surface area contributed by atoms with Crippen molar-refractivity contribution in [2.75, 3.05) is 7.11 Å². The predicted octanol–water partition coefficient (Wildman–Crippen LogP) is 1.55. The molecule has 6 nitrogen and oxygen atoms in total. The molecule has 4 rings (SSSR count). The largest absolute Gasteiger partial charge is 0.496 e. The van der Waals surface area contributed by atoms with Crippen LogP contribution in [0.5, 0.6) is 5.75 Å². The van der Waals surface area contributed by atoms with Gasteiger partial charge in [-0.05, 0) is 17.7 Å². The number of carbonyl (C=O) groups is 2.